The van der Waals surface area contributed by atoms with Crippen LogP contribution in [0.25, 0.3) is 0 Å². The van der Waals surface area contributed by atoms with E-state index in [9.17, 15) is 25.2 Å². The number of hydrogen-bond acceptors (Lipinski definition) is 2. The molecule has 0 spiro atoms. The Bertz CT molecular complexity index is 393. The van der Waals surface area contributed by atoms with Gasteiger partial charge < -0.3 is 10.2 Å². The van der Waals surface area contributed by atoms with Gasteiger partial charge in [0.15, 0.2) is 0 Å². The van der Waals surface area contributed by atoms with E-state index in [4.69, 9.17) is 10.2 Å². The van der Waals surface area contributed by atoms with Crippen LogP contribution in [0.5, 0.6) is 0 Å². The first-order chi connectivity index (χ1) is 9.31. The molecular weight excluding hydrogens is 341 g/mol. The SMILES string of the molecule is F[P-](F)(F)(F)(F)F.OCC[S+](CCO)Cc1ccccc1. The zero-order valence-corrected chi connectivity index (χ0v) is 12.7. The Kier molecular flexibility index (Phi) is 7.00. The summed E-state index contributed by atoms with van der Waals surface area (Å²) in [6, 6.07) is 10.2. The zero-order valence-electron chi connectivity index (χ0n) is 10.9. The molecule has 0 aliphatic carbocycles. The van der Waals surface area contributed by atoms with Crippen molar-refractivity contribution in [2.45, 2.75) is 5.75 Å². The molecule has 0 aromatic heterocycles. The van der Waals surface area contributed by atoms with Gasteiger partial charge in [0.1, 0.15) is 17.3 Å². The van der Waals surface area contributed by atoms with Crippen LogP contribution >= 0.6 is 7.81 Å². The van der Waals surface area contributed by atoms with Gasteiger partial charge in [-0.2, -0.15) is 0 Å². The molecule has 1 aromatic carbocycles. The molecule has 2 nitrogen and oxygen atoms in total. The van der Waals surface area contributed by atoms with Crippen LogP contribution in [0.15, 0.2) is 30.3 Å². The third kappa shape index (κ3) is 19.5. The van der Waals surface area contributed by atoms with Crippen LogP contribution in [0, 0.1) is 0 Å². The molecule has 0 bridgehead atoms. The molecule has 0 atom stereocenters. The van der Waals surface area contributed by atoms with Crippen molar-refractivity contribution in [1.29, 1.82) is 0 Å². The van der Waals surface area contributed by atoms with Crippen LogP contribution in [0.2, 0.25) is 0 Å². The van der Waals surface area contributed by atoms with E-state index in [1.54, 1.807) is 0 Å². The minimum absolute atomic E-state index is 0.125. The fraction of sp³-hybridized carbons (Fsp3) is 0.455. The molecule has 0 aliphatic rings. The predicted molar refractivity (Wildman–Crippen MR) is 75.0 cm³/mol. The first-order valence-corrected chi connectivity index (χ1v) is 9.54. The molecule has 0 heterocycles. The van der Waals surface area contributed by atoms with Crippen molar-refractivity contribution < 1.29 is 35.4 Å². The molecule has 0 saturated carbocycles. The second kappa shape index (κ2) is 7.17. The maximum Gasteiger partial charge on any atom is 0.133 e. The van der Waals surface area contributed by atoms with Crippen molar-refractivity contribution in [2.75, 3.05) is 24.7 Å². The van der Waals surface area contributed by atoms with Crippen molar-refractivity contribution in [3.05, 3.63) is 35.9 Å². The summed E-state index contributed by atoms with van der Waals surface area (Å²) in [7, 11) is -10.5. The van der Waals surface area contributed by atoms with Gasteiger partial charge in [-0.25, -0.2) is 0 Å². The molecule has 0 amide bonds. The number of rotatable bonds is 6. The summed E-state index contributed by atoms with van der Waals surface area (Å²) in [5, 5.41) is 17.7. The molecule has 0 fully saturated rings. The van der Waals surface area contributed by atoms with Gasteiger partial charge in [-0.05, 0) is 10.9 Å². The number of halogens is 6. The number of benzene rings is 1. The fourth-order valence-corrected chi connectivity index (χ4v) is 2.99. The van der Waals surface area contributed by atoms with Crippen LogP contribution in [0.1, 0.15) is 5.56 Å². The van der Waals surface area contributed by atoms with E-state index in [0.29, 0.717) is 0 Å². The van der Waals surface area contributed by atoms with Crippen molar-refractivity contribution in [3.8, 4) is 0 Å². The number of aliphatic hydroxyl groups excluding tert-OH is 2. The molecule has 0 aliphatic heterocycles. The van der Waals surface area contributed by atoms with Gasteiger partial charge in [0.2, 0.25) is 0 Å². The Balaban J connectivity index is 0.000000486. The minimum Gasteiger partial charge on any atom is -0.391 e. The van der Waals surface area contributed by atoms with Gasteiger partial charge in [0.25, 0.3) is 0 Å². The van der Waals surface area contributed by atoms with Crippen LogP contribution in [0.4, 0.5) is 25.2 Å². The molecule has 1 aromatic rings. The van der Waals surface area contributed by atoms with E-state index in [1.165, 1.54) is 5.56 Å². The molecule has 21 heavy (non-hydrogen) atoms. The topological polar surface area (TPSA) is 40.5 Å². The van der Waals surface area contributed by atoms with Crippen LogP contribution in [0.3, 0.4) is 0 Å². The van der Waals surface area contributed by atoms with Gasteiger partial charge in [-0.15, -0.1) is 0 Å². The molecule has 0 saturated heterocycles. The summed E-state index contributed by atoms with van der Waals surface area (Å²) in [5.74, 6) is 2.58. The predicted octanol–water partition coefficient (Wildman–Crippen LogP) is 4.17. The second-order valence-electron chi connectivity index (χ2n) is 4.06. The minimum atomic E-state index is -10.7. The summed E-state index contributed by atoms with van der Waals surface area (Å²) in [5.41, 5.74) is 1.29. The maximum atomic E-state index is 9.87. The van der Waals surface area contributed by atoms with Crippen LogP contribution in [-0.4, -0.2) is 34.9 Å². The first-order valence-electron chi connectivity index (χ1n) is 5.78. The van der Waals surface area contributed by atoms with Crippen LogP contribution in [-0.2, 0) is 16.6 Å². The van der Waals surface area contributed by atoms with E-state index < -0.39 is 7.81 Å². The standard InChI is InChI=1S/C11H17O2S.F6P/c12-6-8-14(9-7-13)10-11-4-2-1-3-5-11;1-7(2,3,4,5)6/h1-5,12-13H,6-10H2;/q+1;-1. The van der Waals surface area contributed by atoms with Gasteiger partial charge in [0.05, 0.1) is 13.2 Å². The molecule has 1 rings (SSSR count). The Morgan fingerprint density at radius 1 is 0.810 bits per heavy atom. The zero-order chi connectivity index (χ0) is 16.6. The normalized spacial score (nSPS) is 14.9. The first kappa shape index (κ1) is 20.5. The molecule has 2 N–H and O–H groups in total. The third-order valence-corrected chi connectivity index (χ3v) is 4.23. The Labute approximate surface area is 121 Å². The number of hydrogen-bond donors (Lipinski definition) is 2. The average molecular weight is 358 g/mol. The monoisotopic (exact) mass is 358 g/mol. The van der Waals surface area contributed by atoms with E-state index in [0.717, 1.165) is 17.3 Å². The molecule has 126 valence electrons. The summed E-state index contributed by atoms with van der Waals surface area (Å²) < 4.78 is 59.2. The molecule has 10 heteroatoms. The Morgan fingerprint density at radius 3 is 1.52 bits per heavy atom. The van der Waals surface area contributed by atoms with Gasteiger partial charge in [0, 0.05) is 5.56 Å². The molecular formula is C11H17F6O2PS. The quantitative estimate of drug-likeness (QED) is 0.455. The van der Waals surface area contributed by atoms with Gasteiger partial charge in [-0.1, -0.05) is 30.3 Å². The summed E-state index contributed by atoms with van der Waals surface area (Å²) >= 11 is 0. The molecule has 0 radical (unpaired) electrons. The largest absolute Gasteiger partial charge is 0.391 e. The van der Waals surface area contributed by atoms with Crippen molar-refractivity contribution >= 4 is 18.7 Å². The smallest absolute Gasteiger partial charge is 0.133 e. The Hall–Kier alpha value is -0.500. The van der Waals surface area contributed by atoms with E-state index in [-0.39, 0.29) is 24.1 Å². The Morgan fingerprint density at radius 2 is 1.19 bits per heavy atom. The average Bonchev–Trinajstić information content (AvgIpc) is 2.27. The number of aliphatic hydroxyl groups is 2. The summed E-state index contributed by atoms with van der Waals surface area (Å²) in [6.07, 6.45) is 0. The van der Waals surface area contributed by atoms with Gasteiger partial charge in [-0.3, -0.25) is 0 Å². The molecule has 0 unspecified atom stereocenters. The third-order valence-electron chi connectivity index (χ3n) is 1.97. The van der Waals surface area contributed by atoms with E-state index in [1.807, 2.05) is 18.2 Å². The fourth-order valence-electron chi connectivity index (χ4n) is 1.31. The van der Waals surface area contributed by atoms with Crippen molar-refractivity contribution in [2.24, 2.45) is 0 Å². The van der Waals surface area contributed by atoms with Gasteiger partial charge >= 0.3 is 33.0 Å². The second-order valence-corrected chi connectivity index (χ2v) is 8.30. The maximum absolute atomic E-state index is 10.7. The van der Waals surface area contributed by atoms with Crippen molar-refractivity contribution in [3.63, 3.8) is 0 Å². The van der Waals surface area contributed by atoms with Crippen LogP contribution < -0.4 is 0 Å². The summed E-state index contributed by atoms with van der Waals surface area (Å²) in [6.45, 7) is 0.436. The van der Waals surface area contributed by atoms with E-state index >= 15 is 0 Å². The summed E-state index contributed by atoms with van der Waals surface area (Å²) in [4.78, 5) is 0. The van der Waals surface area contributed by atoms with E-state index in [2.05, 4.69) is 12.1 Å². The van der Waals surface area contributed by atoms with Crippen molar-refractivity contribution in [1.82, 2.24) is 0 Å².